The van der Waals surface area contributed by atoms with Gasteiger partial charge in [-0.2, -0.15) is 0 Å². The van der Waals surface area contributed by atoms with Crippen molar-refractivity contribution in [2.24, 2.45) is 0 Å². The molecule has 0 unspecified atom stereocenters. The first-order valence-corrected chi connectivity index (χ1v) is 9.51. The first kappa shape index (κ1) is 24.5. The quantitative estimate of drug-likeness (QED) is 0.446. The Kier molecular flexibility index (Phi) is 11.3. The lowest BCUT2D eigenvalue weighted by Gasteiger charge is -2.23. The molecule has 0 aliphatic heterocycles. The molecule has 1 aromatic carbocycles. The van der Waals surface area contributed by atoms with Crippen LogP contribution in [0.15, 0.2) is 30.3 Å². The van der Waals surface area contributed by atoms with Crippen LogP contribution in [0.1, 0.15) is 5.56 Å². The van der Waals surface area contributed by atoms with Gasteiger partial charge in [-0.15, -0.1) is 0 Å². The predicted molar refractivity (Wildman–Crippen MR) is 97.2 cm³/mol. The topological polar surface area (TPSA) is 117 Å². The molecule has 0 fully saturated rings. The molecule has 0 aliphatic rings. The number of carbonyl (C=O) groups excluding carboxylic acids is 1. The number of hydrogen-bond acceptors (Lipinski definition) is 5. The van der Waals surface area contributed by atoms with Crippen LogP contribution in [-0.4, -0.2) is 84.9 Å². The number of aliphatic hydroxyl groups is 1. The standard InChI is InChI=1S/C11H15NO3.C5H14NO4P/c1-12(7-8-13)11(14)15-9-10-5-3-2-4-6-10;1-6(2,3)4-5-10-11(7,8)9/h2-6,13H,7-9H2,1H3;4-5H2,1-3H3,(H-,7,8,9)/p+1. The fourth-order valence-corrected chi connectivity index (χ4v) is 1.82. The van der Waals surface area contributed by atoms with E-state index in [2.05, 4.69) is 4.52 Å². The van der Waals surface area contributed by atoms with Crippen LogP contribution in [0.5, 0.6) is 0 Å². The minimum Gasteiger partial charge on any atom is -0.445 e. The van der Waals surface area contributed by atoms with Gasteiger partial charge in [-0.3, -0.25) is 4.52 Å². The summed E-state index contributed by atoms with van der Waals surface area (Å²) < 4.78 is 20.1. The normalized spacial score (nSPS) is 11.3. The SMILES string of the molecule is CN(CCO)C(=O)OCc1ccccc1.C[N+](C)(C)CCOP(=O)(O)O. The van der Waals surface area contributed by atoms with Crippen molar-refractivity contribution in [3.05, 3.63) is 35.9 Å². The number of carbonyl (C=O) groups is 1. The molecule has 0 spiro atoms. The van der Waals surface area contributed by atoms with Crippen molar-refractivity contribution in [1.29, 1.82) is 0 Å². The average molecular weight is 393 g/mol. The molecule has 10 heteroatoms. The van der Waals surface area contributed by atoms with E-state index < -0.39 is 13.9 Å². The van der Waals surface area contributed by atoms with E-state index >= 15 is 0 Å². The number of benzene rings is 1. The number of nitrogens with zero attached hydrogens (tertiary/aromatic N) is 2. The number of hydrogen-bond donors (Lipinski definition) is 3. The lowest BCUT2D eigenvalue weighted by atomic mass is 10.2. The van der Waals surface area contributed by atoms with E-state index in [-0.39, 0.29) is 26.4 Å². The van der Waals surface area contributed by atoms with Gasteiger partial charge in [-0.1, -0.05) is 30.3 Å². The van der Waals surface area contributed by atoms with E-state index in [0.29, 0.717) is 11.0 Å². The van der Waals surface area contributed by atoms with Crippen LogP contribution in [0.2, 0.25) is 0 Å². The fraction of sp³-hybridized carbons (Fsp3) is 0.562. The first-order chi connectivity index (χ1) is 11.9. The van der Waals surface area contributed by atoms with Crippen LogP contribution < -0.4 is 0 Å². The highest BCUT2D eigenvalue weighted by Crippen LogP contribution is 2.35. The van der Waals surface area contributed by atoms with Crippen LogP contribution in [0.3, 0.4) is 0 Å². The lowest BCUT2D eigenvalue weighted by Crippen LogP contribution is -2.37. The van der Waals surface area contributed by atoms with Gasteiger partial charge in [-0.05, 0) is 5.56 Å². The van der Waals surface area contributed by atoms with Gasteiger partial charge in [0.1, 0.15) is 19.8 Å². The Morgan fingerprint density at radius 1 is 1.19 bits per heavy atom. The summed E-state index contributed by atoms with van der Waals surface area (Å²) in [6.45, 7) is 1.14. The van der Waals surface area contributed by atoms with Gasteiger partial charge in [0.2, 0.25) is 0 Å². The highest BCUT2D eigenvalue weighted by Gasteiger charge is 2.16. The molecule has 3 N–H and O–H groups in total. The molecule has 0 bridgehead atoms. The third-order valence-corrected chi connectivity index (χ3v) is 3.49. The van der Waals surface area contributed by atoms with Crippen LogP contribution in [0.25, 0.3) is 0 Å². The van der Waals surface area contributed by atoms with E-state index in [4.69, 9.17) is 19.6 Å². The number of ether oxygens (including phenoxy) is 1. The number of phosphoric acid groups is 1. The Labute approximate surface area is 154 Å². The maximum absolute atomic E-state index is 11.3. The number of phosphoric ester groups is 1. The Bertz CT molecular complexity index is 557. The van der Waals surface area contributed by atoms with Crippen molar-refractivity contribution in [1.82, 2.24) is 4.90 Å². The highest BCUT2D eigenvalue weighted by atomic mass is 31.2. The van der Waals surface area contributed by atoms with Gasteiger partial charge < -0.3 is 29.0 Å². The Hall–Kier alpha value is -1.48. The summed E-state index contributed by atoms with van der Waals surface area (Å²) in [5.74, 6) is 0. The average Bonchev–Trinajstić information content (AvgIpc) is 2.52. The molecule has 1 aromatic rings. The summed E-state index contributed by atoms with van der Waals surface area (Å²) in [6, 6.07) is 9.46. The molecule has 0 atom stereocenters. The number of rotatable bonds is 8. The van der Waals surface area contributed by atoms with Crippen molar-refractivity contribution < 1.29 is 38.0 Å². The third-order valence-electron chi connectivity index (χ3n) is 2.97. The second-order valence-corrected chi connectivity index (χ2v) is 7.76. The number of quaternary nitrogens is 1. The zero-order valence-electron chi connectivity index (χ0n) is 15.7. The van der Waals surface area contributed by atoms with E-state index in [1.54, 1.807) is 7.05 Å². The second-order valence-electron chi connectivity index (χ2n) is 6.52. The van der Waals surface area contributed by atoms with E-state index in [1.165, 1.54) is 4.90 Å². The summed E-state index contributed by atoms with van der Waals surface area (Å²) in [4.78, 5) is 29.2. The van der Waals surface area contributed by atoms with E-state index in [9.17, 15) is 9.36 Å². The van der Waals surface area contributed by atoms with Crippen LogP contribution in [-0.2, 0) is 20.4 Å². The van der Waals surface area contributed by atoms with Gasteiger partial charge in [-0.25, -0.2) is 9.36 Å². The Morgan fingerprint density at radius 3 is 2.23 bits per heavy atom. The van der Waals surface area contributed by atoms with Crippen LogP contribution >= 0.6 is 7.82 Å². The highest BCUT2D eigenvalue weighted by molar-refractivity contribution is 7.46. The lowest BCUT2D eigenvalue weighted by molar-refractivity contribution is -0.870. The molecule has 1 rings (SSSR count). The maximum Gasteiger partial charge on any atom is 0.469 e. The second kappa shape index (κ2) is 12.0. The van der Waals surface area contributed by atoms with Gasteiger partial charge in [0.15, 0.2) is 0 Å². The maximum atomic E-state index is 11.3. The molecule has 26 heavy (non-hydrogen) atoms. The van der Waals surface area contributed by atoms with Crippen LogP contribution in [0.4, 0.5) is 4.79 Å². The molecule has 0 aromatic heterocycles. The zero-order chi connectivity index (χ0) is 20.2. The summed E-state index contributed by atoms with van der Waals surface area (Å²) in [5.41, 5.74) is 0.947. The van der Waals surface area contributed by atoms with Crippen molar-refractivity contribution in [2.75, 3.05) is 54.5 Å². The minimum atomic E-state index is -4.26. The van der Waals surface area contributed by atoms with Gasteiger partial charge in [0.25, 0.3) is 0 Å². The number of likely N-dealkylation sites (N-methyl/N-ethyl adjacent to an activating group) is 2. The smallest absolute Gasteiger partial charge is 0.445 e. The molecule has 1 amide bonds. The first-order valence-electron chi connectivity index (χ1n) is 7.98. The summed E-state index contributed by atoms with van der Waals surface area (Å²) >= 11 is 0. The molecule has 0 heterocycles. The van der Waals surface area contributed by atoms with Crippen molar-refractivity contribution in [3.8, 4) is 0 Å². The van der Waals surface area contributed by atoms with Gasteiger partial charge >= 0.3 is 13.9 Å². The van der Waals surface area contributed by atoms with E-state index in [1.807, 2.05) is 51.5 Å². The molecule has 150 valence electrons. The zero-order valence-corrected chi connectivity index (χ0v) is 16.6. The fourth-order valence-electron chi connectivity index (χ4n) is 1.50. The molecule has 0 radical (unpaired) electrons. The van der Waals surface area contributed by atoms with Crippen molar-refractivity contribution in [2.45, 2.75) is 6.61 Å². The van der Waals surface area contributed by atoms with Crippen molar-refractivity contribution >= 4 is 13.9 Å². The Morgan fingerprint density at radius 2 is 1.77 bits per heavy atom. The third kappa shape index (κ3) is 14.8. The van der Waals surface area contributed by atoms with Crippen molar-refractivity contribution in [3.63, 3.8) is 0 Å². The largest absolute Gasteiger partial charge is 0.469 e. The van der Waals surface area contributed by atoms with Crippen LogP contribution in [0, 0.1) is 0 Å². The number of aliphatic hydroxyl groups excluding tert-OH is 1. The summed E-state index contributed by atoms with van der Waals surface area (Å²) in [7, 11) is 3.08. The van der Waals surface area contributed by atoms with Gasteiger partial charge in [0, 0.05) is 13.6 Å². The molecular formula is C16H30N2O7P+. The molecular weight excluding hydrogens is 363 g/mol. The minimum absolute atomic E-state index is 0.0586. The molecule has 0 saturated carbocycles. The Balaban J connectivity index is 0.000000508. The summed E-state index contributed by atoms with van der Waals surface area (Å²) in [5, 5.41) is 8.62. The monoisotopic (exact) mass is 393 g/mol. The molecule has 0 saturated heterocycles. The summed E-state index contributed by atoms with van der Waals surface area (Å²) in [6.07, 6.45) is -0.423. The van der Waals surface area contributed by atoms with E-state index in [0.717, 1.165) is 5.56 Å². The molecule has 0 aliphatic carbocycles. The molecule has 9 nitrogen and oxygen atoms in total. The van der Waals surface area contributed by atoms with Gasteiger partial charge in [0.05, 0.1) is 27.7 Å². The number of amides is 1. The predicted octanol–water partition coefficient (Wildman–Crippen LogP) is 1.05.